The van der Waals surface area contributed by atoms with Crippen molar-refractivity contribution in [2.75, 3.05) is 6.61 Å². The van der Waals surface area contributed by atoms with E-state index in [0.717, 1.165) is 0 Å². The minimum absolute atomic E-state index is 0.247. The molecule has 0 saturated heterocycles. The van der Waals surface area contributed by atoms with Crippen LogP contribution in [0.2, 0.25) is 0 Å². The molecular formula is C9H14BrNO3. The fraction of sp³-hybridized carbons (Fsp3) is 0.778. The van der Waals surface area contributed by atoms with E-state index >= 15 is 0 Å². The molecule has 0 aromatic rings. The number of ether oxygens (including phenoxy) is 1. The minimum atomic E-state index is -1.35. The van der Waals surface area contributed by atoms with Gasteiger partial charge >= 0.3 is 5.97 Å². The zero-order chi connectivity index (χ0) is 11.4. The van der Waals surface area contributed by atoms with Crippen LogP contribution in [0.25, 0.3) is 0 Å². The molecule has 0 spiro atoms. The van der Waals surface area contributed by atoms with Crippen LogP contribution >= 0.6 is 15.9 Å². The molecule has 0 heterocycles. The van der Waals surface area contributed by atoms with Crippen LogP contribution in [0.1, 0.15) is 27.7 Å². The van der Waals surface area contributed by atoms with Crippen LogP contribution in [0, 0.1) is 5.41 Å². The summed E-state index contributed by atoms with van der Waals surface area (Å²) in [6.45, 7) is 7.27. The molecule has 0 aromatic carbocycles. The number of rotatable bonds is 3. The van der Waals surface area contributed by atoms with Gasteiger partial charge in [-0.1, -0.05) is 20.8 Å². The molecule has 14 heavy (non-hydrogen) atoms. The summed E-state index contributed by atoms with van der Waals surface area (Å²) in [5.74, 6) is -0.573. The van der Waals surface area contributed by atoms with E-state index in [-0.39, 0.29) is 6.61 Å². The summed E-state index contributed by atoms with van der Waals surface area (Å²) in [5.41, 5.74) is -0.559. The highest BCUT2D eigenvalue weighted by molar-refractivity contribution is 9.10. The van der Waals surface area contributed by atoms with Gasteiger partial charge in [-0.15, -0.1) is 0 Å². The second-order valence-corrected chi connectivity index (χ2v) is 4.94. The molecular weight excluding hydrogens is 250 g/mol. The van der Waals surface area contributed by atoms with Gasteiger partial charge in [-0.25, -0.2) is 9.59 Å². The molecule has 0 saturated carbocycles. The van der Waals surface area contributed by atoms with Crippen LogP contribution in [0.4, 0.5) is 0 Å². The number of nitrogens with zero attached hydrogens (tertiary/aromatic N) is 1. The number of carbonyl (C=O) groups is 1. The van der Waals surface area contributed by atoms with Gasteiger partial charge in [0.15, 0.2) is 0 Å². The monoisotopic (exact) mass is 263 g/mol. The first kappa shape index (κ1) is 13.3. The van der Waals surface area contributed by atoms with Crippen molar-refractivity contribution in [1.82, 2.24) is 0 Å². The van der Waals surface area contributed by atoms with Crippen molar-refractivity contribution in [3.05, 3.63) is 0 Å². The highest BCUT2D eigenvalue weighted by Crippen LogP contribution is 2.40. The average molecular weight is 264 g/mol. The van der Waals surface area contributed by atoms with E-state index in [2.05, 4.69) is 20.9 Å². The fourth-order valence-electron chi connectivity index (χ4n) is 0.809. The number of aliphatic imine (C=N–C) groups is 1. The lowest BCUT2D eigenvalue weighted by molar-refractivity contribution is -0.148. The Morgan fingerprint density at radius 2 is 2.00 bits per heavy atom. The molecule has 0 aliphatic carbocycles. The summed E-state index contributed by atoms with van der Waals surface area (Å²) >= 11 is 3.13. The predicted molar refractivity (Wildman–Crippen MR) is 55.9 cm³/mol. The van der Waals surface area contributed by atoms with Gasteiger partial charge in [0.25, 0.3) is 0 Å². The summed E-state index contributed by atoms with van der Waals surface area (Å²) in [5, 5.41) is 0. The van der Waals surface area contributed by atoms with Crippen molar-refractivity contribution in [3.8, 4) is 0 Å². The highest BCUT2D eigenvalue weighted by atomic mass is 79.9. The maximum Gasteiger partial charge on any atom is 0.346 e. The third kappa shape index (κ3) is 2.66. The number of halogens is 1. The Morgan fingerprint density at radius 3 is 2.29 bits per heavy atom. The van der Waals surface area contributed by atoms with E-state index < -0.39 is 15.8 Å². The maximum absolute atomic E-state index is 11.6. The first-order valence-electron chi connectivity index (χ1n) is 4.24. The zero-order valence-corrected chi connectivity index (χ0v) is 10.3. The van der Waals surface area contributed by atoms with Crippen molar-refractivity contribution < 1.29 is 14.3 Å². The first-order valence-corrected chi connectivity index (χ1v) is 5.04. The van der Waals surface area contributed by atoms with Crippen LogP contribution in [0.5, 0.6) is 0 Å². The zero-order valence-electron chi connectivity index (χ0n) is 8.76. The third-order valence-corrected chi connectivity index (χ3v) is 3.43. The van der Waals surface area contributed by atoms with E-state index in [0.29, 0.717) is 0 Å². The van der Waals surface area contributed by atoms with Gasteiger partial charge in [0.1, 0.15) is 0 Å². The largest absolute Gasteiger partial charge is 0.463 e. The van der Waals surface area contributed by atoms with Crippen LogP contribution in [-0.2, 0) is 14.3 Å². The SMILES string of the molecule is CCOC(=O)C(Br)(N=C=O)C(C)(C)C. The van der Waals surface area contributed by atoms with Crippen LogP contribution in [0.3, 0.4) is 0 Å². The second kappa shape index (κ2) is 4.71. The molecule has 5 heteroatoms. The first-order chi connectivity index (χ1) is 6.29. The fourth-order valence-corrected chi connectivity index (χ4v) is 0.996. The van der Waals surface area contributed by atoms with E-state index in [4.69, 9.17) is 4.74 Å². The molecule has 0 bridgehead atoms. The van der Waals surface area contributed by atoms with Crippen molar-refractivity contribution in [2.45, 2.75) is 32.1 Å². The summed E-state index contributed by atoms with van der Waals surface area (Å²) in [6, 6.07) is 0. The van der Waals surface area contributed by atoms with Gasteiger partial charge in [0, 0.05) is 5.41 Å². The van der Waals surface area contributed by atoms with Gasteiger partial charge in [-0.2, -0.15) is 4.99 Å². The lowest BCUT2D eigenvalue weighted by Gasteiger charge is -2.32. The number of alkyl halides is 1. The molecule has 0 aliphatic rings. The molecule has 0 aromatic heterocycles. The summed E-state index contributed by atoms with van der Waals surface area (Å²) in [4.78, 5) is 25.3. The number of hydrogen-bond donors (Lipinski definition) is 0. The molecule has 1 atom stereocenters. The Bertz CT molecular complexity index is 266. The Balaban J connectivity index is 5.10. The average Bonchev–Trinajstić information content (AvgIpc) is 2.03. The quantitative estimate of drug-likeness (QED) is 0.257. The number of hydrogen-bond acceptors (Lipinski definition) is 4. The highest BCUT2D eigenvalue weighted by Gasteiger charge is 2.48. The molecule has 80 valence electrons. The van der Waals surface area contributed by atoms with Gasteiger partial charge in [-0.3, -0.25) is 0 Å². The van der Waals surface area contributed by atoms with Gasteiger partial charge in [0.05, 0.1) is 6.61 Å². The summed E-state index contributed by atoms with van der Waals surface area (Å²) in [7, 11) is 0. The molecule has 0 rings (SSSR count). The predicted octanol–water partition coefficient (Wildman–Crippen LogP) is 2.02. The van der Waals surface area contributed by atoms with E-state index in [1.165, 1.54) is 6.08 Å². The van der Waals surface area contributed by atoms with Crippen LogP contribution < -0.4 is 0 Å². The molecule has 0 aliphatic heterocycles. The van der Waals surface area contributed by atoms with Crippen molar-refractivity contribution in [1.29, 1.82) is 0 Å². The maximum atomic E-state index is 11.6. The number of carbonyl (C=O) groups excluding carboxylic acids is 2. The van der Waals surface area contributed by atoms with Crippen LogP contribution in [0.15, 0.2) is 4.99 Å². The smallest absolute Gasteiger partial charge is 0.346 e. The van der Waals surface area contributed by atoms with Gasteiger partial charge in [0.2, 0.25) is 10.5 Å². The molecule has 0 amide bonds. The lowest BCUT2D eigenvalue weighted by atomic mass is 9.87. The molecule has 0 N–H and O–H groups in total. The van der Waals surface area contributed by atoms with E-state index in [1.807, 2.05) is 0 Å². The van der Waals surface area contributed by atoms with E-state index in [1.54, 1.807) is 27.7 Å². The van der Waals surface area contributed by atoms with E-state index in [9.17, 15) is 9.59 Å². The minimum Gasteiger partial charge on any atom is -0.463 e. The van der Waals surface area contributed by atoms with Gasteiger partial charge in [-0.05, 0) is 22.9 Å². The van der Waals surface area contributed by atoms with Crippen LogP contribution in [-0.4, -0.2) is 23.1 Å². The summed E-state index contributed by atoms with van der Waals surface area (Å²) < 4.78 is 3.48. The normalized spacial score (nSPS) is 15.2. The molecule has 4 nitrogen and oxygen atoms in total. The molecule has 0 fully saturated rings. The molecule has 1 unspecified atom stereocenters. The standard InChI is InChI=1S/C9H14BrNO3/c1-5-14-7(13)9(10,11-6-12)8(2,3)4/h5H2,1-4H3. The Hall–Kier alpha value is -0.670. The summed E-state index contributed by atoms with van der Waals surface area (Å²) in [6.07, 6.45) is 1.38. The lowest BCUT2D eigenvalue weighted by Crippen LogP contribution is -2.44. The Kier molecular flexibility index (Phi) is 4.49. The Labute approximate surface area is 91.9 Å². The second-order valence-electron chi connectivity index (χ2n) is 3.80. The van der Waals surface area contributed by atoms with Crippen molar-refractivity contribution in [3.63, 3.8) is 0 Å². The topological polar surface area (TPSA) is 55.7 Å². The number of isocyanates is 1. The van der Waals surface area contributed by atoms with Crippen molar-refractivity contribution >= 4 is 28.0 Å². The molecule has 0 radical (unpaired) electrons. The van der Waals surface area contributed by atoms with Crippen molar-refractivity contribution in [2.24, 2.45) is 10.4 Å². The van der Waals surface area contributed by atoms with Gasteiger partial charge < -0.3 is 4.74 Å². The third-order valence-electron chi connectivity index (χ3n) is 1.74. The Morgan fingerprint density at radius 1 is 1.50 bits per heavy atom. The number of esters is 1.